The predicted octanol–water partition coefficient (Wildman–Crippen LogP) is 5.92. The Balaban J connectivity index is 1.38. The first-order valence-corrected chi connectivity index (χ1v) is 12.3. The molecule has 0 saturated carbocycles. The lowest BCUT2D eigenvalue weighted by Gasteiger charge is -2.36. The van der Waals surface area contributed by atoms with Gasteiger partial charge in [-0.1, -0.05) is 41.4 Å². The topological polar surface area (TPSA) is 61.9 Å². The van der Waals surface area contributed by atoms with Crippen LogP contribution in [0.15, 0.2) is 60.7 Å². The SMILES string of the molecule is CCOc1ccc(C(=O)Nc2ccc(N3CCN(C(=O)c4ccccc4C)CC3)c(Cl)c2)cc1Cl. The molecule has 6 nitrogen and oxygen atoms in total. The first kappa shape index (κ1) is 24.9. The molecule has 3 aromatic rings. The molecule has 1 fully saturated rings. The highest BCUT2D eigenvalue weighted by atomic mass is 35.5. The summed E-state index contributed by atoms with van der Waals surface area (Å²) in [6, 6.07) is 18.0. The molecule has 4 rings (SSSR count). The summed E-state index contributed by atoms with van der Waals surface area (Å²) < 4.78 is 5.42. The Kier molecular flexibility index (Phi) is 7.83. The van der Waals surface area contributed by atoms with E-state index in [1.807, 2.05) is 55.1 Å². The van der Waals surface area contributed by atoms with Crippen molar-refractivity contribution in [3.63, 3.8) is 0 Å². The molecule has 35 heavy (non-hydrogen) atoms. The Hall–Kier alpha value is -3.22. The molecule has 2 amide bonds. The van der Waals surface area contributed by atoms with Gasteiger partial charge in [-0.25, -0.2) is 0 Å². The number of carbonyl (C=O) groups is 2. The predicted molar refractivity (Wildman–Crippen MR) is 141 cm³/mol. The van der Waals surface area contributed by atoms with Crippen LogP contribution in [0.3, 0.4) is 0 Å². The molecule has 0 unspecified atom stereocenters. The quantitative estimate of drug-likeness (QED) is 0.446. The molecule has 1 N–H and O–H groups in total. The number of rotatable bonds is 6. The van der Waals surface area contributed by atoms with E-state index in [-0.39, 0.29) is 11.8 Å². The van der Waals surface area contributed by atoms with Gasteiger partial charge in [0.25, 0.3) is 11.8 Å². The van der Waals surface area contributed by atoms with Gasteiger partial charge in [0.05, 0.1) is 22.3 Å². The highest BCUT2D eigenvalue weighted by Gasteiger charge is 2.24. The average molecular weight is 512 g/mol. The van der Waals surface area contributed by atoms with E-state index in [0.717, 1.165) is 16.8 Å². The molecule has 0 aliphatic carbocycles. The van der Waals surface area contributed by atoms with E-state index in [2.05, 4.69) is 10.2 Å². The zero-order chi connectivity index (χ0) is 24.9. The van der Waals surface area contributed by atoms with Gasteiger partial charge in [0.1, 0.15) is 5.75 Å². The van der Waals surface area contributed by atoms with Crippen LogP contribution in [0.2, 0.25) is 10.0 Å². The summed E-state index contributed by atoms with van der Waals surface area (Å²) in [7, 11) is 0. The third kappa shape index (κ3) is 5.72. The largest absolute Gasteiger partial charge is 0.492 e. The first-order valence-electron chi connectivity index (χ1n) is 11.5. The van der Waals surface area contributed by atoms with E-state index in [1.165, 1.54) is 0 Å². The smallest absolute Gasteiger partial charge is 0.255 e. The van der Waals surface area contributed by atoms with Crippen molar-refractivity contribution in [2.45, 2.75) is 13.8 Å². The molecule has 182 valence electrons. The Bertz CT molecular complexity index is 1240. The number of hydrogen-bond acceptors (Lipinski definition) is 4. The highest BCUT2D eigenvalue weighted by Crippen LogP contribution is 2.31. The maximum atomic E-state index is 12.9. The van der Waals surface area contributed by atoms with Crippen molar-refractivity contribution in [3.05, 3.63) is 87.4 Å². The van der Waals surface area contributed by atoms with Crippen molar-refractivity contribution in [2.24, 2.45) is 0 Å². The Morgan fingerprint density at radius 1 is 0.943 bits per heavy atom. The number of anilines is 2. The number of hydrogen-bond donors (Lipinski definition) is 1. The van der Waals surface area contributed by atoms with Crippen LogP contribution in [-0.4, -0.2) is 49.5 Å². The van der Waals surface area contributed by atoms with E-state index >= 15 is 0 Å². The summed E-state index contributed by atoms with van der Waals surface area (Å²) in [5.74, 6) is 0.308. The van der Waals surface area contributed by atoms with Gasteiger partial charge in [-0.05, 0) is 61.9 Å². The van der Waals surface area contributed by atoms with E-state index in [1.54, 1.807) is 24.3 Å². The van der Waals surface area contributed by atoms with Crippen LogP contribution in [0.25, 0.3) is 0 Å². The van der Waals surface area contributed by atoms with Crippen molar-refractivity contribution < 1.29 is 14.3 Å². The van der Waals surface area contributed by atoms with Crippen LogP contribution in [0.4, 0.5) is 11.4 Å². The number of halogens is 2. The minimum absolute atomic E-state index is 0.0568. The van der Waals surface area contributed by atoms with Crippen molar-refractivity contribution in [1.82, 2.24) is 4.90 Å². The summed E-state index contributed by atoms with van der Waals surface area (Å²) in [5.41, 5.74) is 3.60. The van der Waals surface area contributed by atoms with Gasteiger partial charge < -0.3 is 19.9 Å². The summed E-state index contributed by atoms with van der Waals surface area (Å²) >= 11 is 12.8. The molecule has 8 heteroatoms. The number of nitrogens with zero attached hydrogens (tertiary/aromatic N) is 2. The first-order chi connectivity index (χ1) is 16.9. The maximum absolute atomic E-state index is 12.9. The molecule has 0 atom stereocenters. The zero-order valence-corrected chi connectivity index (χ0v) is 21.2. The van der Waals surface area contributed by atoms with E-state index < -0.39 is 0 Å². The normalized spacial score (nSPS) is 13.5. The molecule has 1 heterocycles. The Labute approximate surface area is 215 Å². The van der Waals surface area contributed by atoms with Gasteiger partial charge in [-0.3, -0.25) is 9.59 Å². The van der Waals surface area contributed by atoms with Crippen LogP contribution in [0.1, 0.15) is 33.2 Å². The van der Waals surface area contributed by atoms with Crippen LogP contribution < -0.4 is 15.0 Å². The van der Waals surface area contributed by atoms with Crippen molar-refractivity contribution in [2.75, 3.05) is 43.0 Å². The fourth-order valence-corrected chi connectivity index (χ4v) is 4.63. The minimum Gasteiger partial charge on any atom is -0.492 e. The second kappa shape index (κ2) is 11.0. The summed E-state index contributed by atoms with van der Waals surface area (Å²) in [6.45, 7) is 6.89. The maximum Gasteiger partial charge on any atom is 0.255 e. The van der Waals surface area contributed by atoms with E-state index in [4.69, 9.17) is 27.9 Å². The minimum atomic E-state index is -0.290. The average Bonchev–Trinajstić information content (AvgIpc) is 2.85. The molecule has 1 aliphatic heterocycles. The molecule has 3 aromatic carbocycles. The van der Waals surface area contributed by atoms with Crippen LogP contribution >= 0.6 is 23.2 Å². The molecule has 0 bridgehead atoms. The Morgan fingerprint density at radius 3 is 2.34 bits per heavy atom. The van der Waals surface area contributed by atoms with Gasteiger partial charge in [0, 0.05) is 43.0 Å². The van der Waals surface area contributed by atoms with Gasteiger partial charge in [-0.2, -0.15) is 0 Å². The lowest BCUT2D eigenvalue weighted by Crippen LogP contribution is -2.49. The summed E-state index contributed by atoms with van der Waals surface area (Å²) in [5, 5.41) is 3.77. The van der Waals surface area contributed by atoms with Crippen LogP contribution in [-0.2, 0) is 0 Å². The lowest BCUT2D eigenvalue weighted by atomic mass is 10.1. The lowest BCUT2D eigenvalue weighted by molar-refractivity contribution is 0.0746. The second-order valence-corrected chi connectivity index (χ2v) is 9.11. The highest BCUT2D eigenvalue weighted by molar-refractivity contribution is 6.34. The van der Waals surface area contributed by atoms with Gasteiger partial charge >= 0.3 is 0 Å². The van der Waals surface area contributed by atoms with Crippen molar-refractivity contribution >= 4 is 46.4 Å². The monoisotopic (exact) mass is 511 g/mol. The molecule has 1 aliphatic rings. The fourth-order valence-electron chi connectivity index (χ4n) is 4.09. The number of ether oxygens (including phenoxy) is 1. The molecule has 0 spiro atoms. The van der Waals surface area contributed by atoms with Crippen molar-refractivity contribution in [1.29, 1.82) is 0 Å². The van der Waals surface area contributed by atoms with Crippen LogP contribution in [0.5, 0.6) is 5.75 Å². The molecular formula is C27H27Cl2N3O3. The van der Waals surface area contributed by atoms with E-state index in [0.29, 0.717) is 59.8 Å². The second-order valence-electron chi connectivity index (χ2n) is 8.29. The molecule has 0 radical (unpaired) electrons. The molecule has 0 aromatic heterocycles. The standard InChI is InChI=1S/C27H27Cl2N3O3/c1-3-35-25-11-8-19(16-23(25)29)26(33)30-20-9-10-24(22(28)17-20)31-12-14-32(15-13-31)27(34)21-7-5-4-6-18(21)2/h4-11,16-17H,3,12-15H2,1-2H3,(H,30,33). The Morgan fingerprint density at radius 2 is 1.69 bits per heavy atom. The summed E-state index contributed by atoms with van der Waals surface area (Å²) in [4.78, 5) is 29.6. The van der Waals surface area contributed by atoms with Crippen molar-refractivity contribution in [3.8, 4) is 5.75 Å². The van der Waals surface area contributed by atoms with Crippen LogP contribution in [0, 0.1) is 6.92 Å². The van der Waals surface area contributed by atoms with E-state index in [9.17, 15) is 9.59 Å². The molecular weight excluding hydrogens is 485 g/mol. The van der Waals surface area contributed by atoms with Gasteiger partial charge in [-0.15, -0.1) is 0 Å². The number of piperazine rings is 1. The van der Waals surface area contributed by atoms with Gasteiger partial charge in [0.15, 0.2) is 0 Å². The number of carbonyl (C=O) groups excluding carboxylic acids is 2. The third-order valence-corrected chi connectivity index (χ3v) is 6.58. The zero-order valence-electron chi connectivity index (χ0n) is 19.7. The number of nitrogens with one attached hydrogen (secondary N) is 1. The fraction of sp³-hybridized carbons (Fsp3) is 0.259. The number of benzene rings is 3. The third-order valence-electron chi connectivity index (χ3n) is 5.98. The van der Waals surface area contributed by atoms with Gasteiger partial charge in [0.2, 0.25) is 0 Å². The summed E-state index contributed by atoms with van der Waals surface area (Å²) in [6.07, 6.45) is 0. The number of amides is 2. The molecule has 1 saturated heterocycles. The number of aryl methyl sites for hydroxylation is 1.